The van der Waals surface area contributed by atoms with Gasteiger partial charge >= 0.3 is 0 Å². The van der Waals surface area contributed by atoms with Crippen LogP contribution in [0.4, 0.5) is 5.95 Å². The maximum absolute atomic E-state index is 11.8. The standard InChI is InChI=1S/C11H17N5O2/c1-7(2)9-13-11(14-18-9)16-5-8(12-6-16)10(17)15(3)4/h6-8H,5H2,1-4H3. The van der Waals surface area contributed by atoms with Gasteiger partial charge in [0, 0.05) is 20.0 Å². The quantitative estimate of drug-likeness (QED) is 0.782. The molecule has 0 aromatic carbocycles. The zero-order valence-electron chi connectivity index (χ0n) is 11.0. The SMILES string of the molecule is CC(C)c1nc(N2C=NC(C(=O)N(C)C)C2)no1. The van der Waals surface area contributed by atoms with Gasteiger partial charge in [0.15, 0.2) is 0 Å². The average molecular weight is 251 g/mol. The molecule has 2 heterocycles. The third kappa shape index (κ3) is 2.34. The van der Waals surface area contributed by atoms with Gasteiger partial charge in [-0.25, -0.2) is 0 Å². The molecule has 7 nitrogen and oxygen atoms in total. The van der Waals surface area contributed by atoms with Crippen LogP contribution in [0.2, 0.25) is 0 Å². The van der Waals surface area contributed by atoms with Gasteiger partial charge in [-0.15, -0.1) is 0 Å². The fourth-order valence-corrected chi connectivity index (χ4v) is 1.59. The van der Waals surface area contributed by atoms with Gasteiger partial charge in [0.2, 0.25) is 11.8 Å². The molecule has 18 heavy (non-hydrogen) atoms. The number of amides is 1. The molecule has 0 aliphatic carbocycles. The predicted octanol–water partition coefficient (Wildman–Crippen LogP) is 0.498. The van der Waals surface area contributed by atoms with Gasteiger partial charge in [-0.1, -0.05) is 13.8 Å². The summed E-state index contributed by atoms with van der Waals surface area (Å²) in [5.74, 6) is 1.20. The van der Waals surface area contributed by atoms with Crippen LogP contribution in [0.3, 0.4) is 0 Å². The van der Waals surface area contributed by atoms with Gasteiger partial charge in [0.25, 0.3) is 5.95 Å². The van der Waals surface area contributed by atoms with E-state index in [1.54, 1.807) is 25.3 Å². The number of carbonyl (C=O) groups is 1. The summed E-state index contributed by atoms with van der Waals surface area (Å²) in [6, 6.07) is -0.388. The second-order valence-corrected chi connectivity index (χ2v) is 4.75. The average Bonchev–Trinajstić information content (AvgIpc) is 2.96. The number of hydrogen-bond acceptors (Lipinski definition) is 6. The minimum absolute atomic E-state index is 0.0265. The van der Waals surface area contributed by atoms with Crippen LogP contribution in [0.15, 0.2) is 9.52 Å². The van der Waals surface area contributed by atoms with E-state index in [2.05, 4.69) is 15.1 Å². The second kappa shape index (κ2) is 4.75. The lowest BCUT2D eigenvalue weighted by Gasteiger charge is -2.15. The molecule has 1 aromatic rings. The summed E-state index contributed by atoms with van der Waals surface area (Å²) in [6.45, 7) is 4.41. The molecule has 0 bridgehead atoms. The van der Waals surface area contributed by atoms with Crippen LogP contribution in [0, 0.1) is 0 Å². The maximum Gasteiger partial charge on any atom is 0.271 e. The Morgan fingerprint density at radius 1 is 1.56 bits per heavy atom. The lowest BCUT2D eigenvalue weighted by atomic mass is 10.2. The number of carbonyl (C=O) groups excluding carboxylic acids is 1. The second-order valence-electron chi connectivity index (χ2n) is 4.75. The van der Waals surface area contributed by atoms with Crippen molar-refractivity contribution in [1.29, 1.82) is 0 Å². The van der Waals surface area contributed by atoms with Crippen molar-refractivity contribution < 1.29 is 9.32 Å². The topological polar surface area (TPSA) is 74.8 Å². The zero-order chi connectivity index (χ0) is 13.3. The lowest BCUT2D eigenvalue weighted by Crippen LogP contribution is -2.36. The molecular formula is C11H17N5O2. The van der Waals surface area contributed by atoms with Crippen molar-refractivity contribution in [3.8, 4) is 0 Å². The molecule has 1 aliphatic rings. The van der Waals surface area contributed by atoms with E-state index in [4.69, 9.17) is 4.52 Å². The molecule has 0 radical (unpaired) electrons. The van der Waals surface area contributed by atoms with Crippen LogP contribution in [-0.2, 0) is 4.79 Å². The lowest BCUT2D eigenvalue weighted by molar-refractivity contribution is -0.129. The minimum Gasteiger partial charge on any atom is -0.347 e. The van der Waals surface area contributed by atoms with E-state index >= 15 is 0 Å². The van der Waals surface area contributed by atoms with E-state index in [0.29, 0.717) is 18.4 Å². The van der Waals surface area contributed by atoms with E-state index in [1.165, 1.54) is 4.90 Å². The monoisotopic (exact) mass is 251 g/mol. The van der Waals surface area contributed by atoms with Crippen molar-refractivity contribution in [2.24, 2.45) is 4.99 Å². The van der Waals surface area contributed by atoms with Crippen LogP contribution in [0.25, 0.3) is 0 Å². The van der Waals surface area contributed by atoms with Crippen molar-refractivity contribution in [2.75, 3.05) is 25.5 Å². The maximum atomic E-state index is 11.8. The molecule has 1 unspecified atom stereocenters. The third-order valence-electron chi connectivity index (χ3n) is 2.66. The number of aromatic nitrogens is 2. The van der Waals surface area contributed by atoms with Crippen LogP contribution in [0.1, 0.15) is 25.7 Å². The summed E-state index contributed by atoms with van der Waals surface area (Å²) in [4.78, 5) is 23.4. The number of nitrogens with zero attached hydrogens (tertiary/aromatic N) is 5. The van der Waals surface area contributed by atoms with Crippen molar-refractivity contribution in [1.82, 2.24) is 15.0 Å². The molecule has 0 N–H and O–H groups in total. The highest BCUT2D eigenvalue weighted by molar-refractivity contribution is 5.89. The van der Waals surface area contributed by atoms with Gasteiger partial charge in [0.05, 0.1) is 12.9 Å². The first-order valence-electron chi connectivity index (χ1n) is 5.83. The first-order chi connectivity index (χ1) is 8.49. The number of rotatable bonds is 3. The Bertz CT molecular complexity index is 466. The minimum atomic E-state index is -0.388. The van der Waals surface area contributed by atoms with Gasteiger partial charge in [-0.2, -0.15) is 4.98 Å². The smallest absolute Gasteiger partial charge is 0.271 e. The van der Waals surface area contributed by atoms with Crippen molar-refractivity contribution in [2.45, 2.75) is 25.8 Å². The fraction of sp³-hybridized carbons (Fsp3) is 0.636. The molecule has 7 heteroatoms. The Morgan fingerprint density at radius 3 is 2.83 bits per heavy atom. The number of aliphatic imine (C=N–C) groups is 1. The molecule has 1 amide bonds. The van der Waals surface area contributed by atoms with Crippen LogP contribution in [-0.4, -0.2) is 54.0 Å². The van der Waals surface area contributed by atoms with E-state index in [9.17, 15) is 4.79 Å². The summed E-state index contributed by atoms with van der Waals surface area (Å²) in [7, 11) is 3.43. The van der Waals surface area contributed by atoms with E-state index in [-0.39, 0.29) is 17.9 Å². The number of likely N-dealkylation sites (N-methyl/N-ethyl adjacent to an activating group) is 1. The van der Waals surface area contributed by atoms with Crippen LogP contribution >= 0.6 is 0 Å². The Morgan fingerprint density at radius 2 is 2.28 bits per heavy atom. The largest absolute Gasteiger partial charge is 0.347 e. The van der Waals surface area contributed by atoms with Crippen molar-refractivity contribution in [3.63, 3.8) is 0 Å². The highest BCUT2D eigenvalue weighted by Crippen LogP contribution is 2.18. The third-order valence-corrected chi connectivity index (χ3v) is 2.66. The summed E-state index contributed by atoms with van der Waals surface area (Å²) in [5.41, 5.74) is 0. The first kappa shape index (κ1) is 12.5. The highest BCUT2D eigenvalue weighted by atomic mass is 16.5. The van der Waals surface area contributed by atoms with E-state index in [0.717, 1.165) is 0 Å². The van der Waals surface area contributed by atoms with Gasteiger partial charge < -0.3 is 9.42 Å². The summed E-state index contributed by atoms with van der Waals surface area (Å²) in [5, 5.41) is 3.88. The van der Waals surface area contributed by atoms with Gasteiger partial charge in [0.1, 0.15) is 6.04 Å². The molecule has 0 saturated carbocycles. The predicted molar refractivity (Wildman–Crippen MR) is 66.7 cm³/mol. The summed E-state index contributed by atoms with van der Waals surface area (Å²) in [6.07, 6.45) is 1.58. The van der Waals surface area contributed by atoms with Crippen molar-refractivity contribution >= 4 is 18.2 Å². The molecule has 1 aromatic heterocycles. The summed E-state index contributed by atoms with van der Waals surface area (Å²) < 4.78 is 5.12. The molecule has 1 atom stereocenters. The van der Waals surface area contributed by atoms with E-state index < -0.39 is 0 Å². The normalized spacial score (nSPS) is 18.7. The summed E-state index contributed by atoms with van der Waals surface area (Å²) >= 11 is 0. The zero-order valence-corrected chi connectivity index (χ0v) is 11.0. The molecule has 98 valence electrons. The molecule has 0 saturated heterocycles. The van der Waals surface area contributed by atoms with Gasteiger partial charge in [-0.3, -0.25) is 14.7 Å². The number of anilines is 1. The molecule has 2 rings (SSSR count). The Hall–Kier alpha value is -1.92. The first-order valence-corrected chi connectivity index (χ1v) is 5.83. The van der Waals surface area contributed by atoms with Crippen LogP contribution in [0.5, 0.6) is 0 Å². The Labute approximate surface area is 105 Å². The van der Waals surface area contributed by atoms with E-state index in [1.807, 2.05) is 13.8 Å². The van der Waals surface area contributed by atoms with Crippen LogP contribution < -0.4 is 4.90 Å². The molecular weight excluding hydrogens is 234 g/mol. The highest BCUT2D eigenvalue weighted by Gasteiger charge is 2.28. The Kier molecular flexibility index (Phi) is 3.31. The molecule has 1 aliphatic heterocycles. The molecule has 0 fully saturated rings. The Balaban J connectivity index is 2.05. The van der Waals surface area contributed by atoms with Crippen molar-refractivity contribution in [3.05, 3.63) is 5.89 Å². The fourth-order valence-electron chi connectivity index (χ4n) is 1.59. The molecule has 0 spiro atoms. The van der Waals surface area contributed by atoms with Gasteiger partial charge in [-0.05, 0) is 5.16 Å². The number of hydrogen-bond donors (Lipinski definition) is 0.